The summed E-state index contributed by atoms with van der Waals surface area (Å²) in [5, 5.41) is 0. The van der Waals surface area contributed by atoms with E-state index < -0.39 is 0 Å². The highest BCUT2D eigenvalue weighted by Gasteiger charge is 2.34. The van der Waals surface area contributed by atoms with Crippen molar-refractivity contribution in [3.8, 4) is 23.0 Å². The van der Waals surface area contributed by atoms with Crippen LogP contribution in [0.2, 0.25) is 0 Å². The van der Waals surface area contributed by atoms with Crippen molar-refractivity contribution >= 4 is 11.8 Å². The van der Waals surface area contributed by atoms with E-state index in [0.717, 1.165) is 71.3 Å². The van der Waals surface area contributed by atoms with E-state index in [0.29, 0.717) is 52.7 Å². The summed E-state index contributed by atoms with van der Waals surface area (Å²) >= 11 is 0. The Morgan fingerprint density at radius 1 is 0.788 bits per heavy atom. The number of methoxy groups -OCH3 is 1. The van der Waals surface area contributed by atoms with E-state index in [1.165, 1.54) is 0 Å². The average molecular weight is 711 g/mol. The first-order valence-corrected chi connectivity index (χ1v) is 18.2. The highest BCUT2D eigenvalue weighted by molar-refractivity contribution is 5.68. The molecule has 1 fully saturated rings. The fourth-order valence-corrected chi connectivity index (χ4v) is 6.64. The van der Waals surface area contributed by atoms with Crippen LogP contribution in [0.25, 0.3) is 0 Å². The zero-order chi connectivity index (χ0) is 36.0. The minimum absolute atomic E-state index is 0.0830. The van der Waals surface area contributed by atoms with Crippen LogP contribution in [-0.2, 0) is 27.4 Å². The van der Waals surface area contributed by atoms with Gasteiger partial charge in [-0.05, 0) is 72.9 Å². The van der Waals surface area contributed by atoms with Gasteiger partial charge >= 0.3 is 6.09 Å². The van der Waals surface area contributed by atoms with Crippen molar-refractivity contribution in [3.05, 3.63) is 114 Å². The molecule has 2 unspecified atom stereocenters. The molecule has 2 atom stereocenters. The Balaban J connectivity index is 1.09. The maximum absolute atomic E-state index is 13.2. The molecule has 10 nitrogen and oxygen atoms in total. The number of rotatable bonds is 17. The third-order valence-corrected chi connectivity index (χ3v) is 9.29. The predicted molar refractivity (Wildman–Crippen MR) is 200 cm³/mol. The second-order valence-electron chi connectivity index (χ2n) is 12.9. The largest absolute Gasteiger partial charge is 0.494 e. The van der Waals surface area contributed by atoms with Gasteiger partial charge in [0, 0.05) is 38.8 Å². The SMILES string of the molecule is CCOc1cccc(OCCOc2ccc(C3CCN(C(=O)OCc4ccccc4)CC3OCc3ccc4c(c3)N(CCCOC)CCO4)cc2)c1. The van der Waals surface area contributed by atoms with E-state index in [-0.39, 0.29) is 24.7 Å². The maximum Gasteiger partial charge on any atom is 0.410 e. The fraction of sp³-hybridized carbons (Fsp3) is 0.405. The lowest BCUT2D eigenvalue weighted by atomic mass is 9.87. The number of anilines is 1. The molecule has 4 aromatic rings. The van der Waals surface area contributed by atoms with Gasteiger partial charge in [-0.2, -0.15) is 0 Å². The van der Waals surface area contributed by atoms with Gasteiger partial charge in [-0.15, -0.1) is 0 Å². The lowest BCUT2D eigenvalue weighted by Gasteiger charge is -2.38. The molecule has 1 saturated heterocycles. The normalized spacial score (nSPS) is 16.8. The molecule has 0 aromatic heterocycles. The number of ether oxygens (including phenoxy) is 7. The summed E-state index contributed by atoms with van der Waals surface area (Å²) in [4.78, 5) is 17.4. The second-order valence-corrected chi connectivity index (χ2v) is 12.9. The molecule has 6 rings (SSSR count). The molecule has 52 heavy (non-hydrogen) atoms. The molecule has 0 radical (unpaired) electrons. The molecule has 2 heterocycles. The third kappa shape index (κ3) is 10.3. The number of piperidine rings is 1. The number of amides is 1. The summed E-state index contributed by atoms with van der Waals surface area (Å²) in [7, 11) is 1.73. The van der Waals surface area contributed by atoms with Crippen LogP contribution >= 0.6 is 0 Å². The summed E-state index contributed by atoms with van der Waals surface area (Å²) in [6.45, 7) is 8.13. The van der Waals surface area contributed by atoms with Crippen molar-refractivity contribution in [2.75, 3.05) is 71.2 Å². The van der Waals surface area contributed by atoms with Gasteiger partial charge in [0.1, 0.15) is 49.4 Å². The number of nitrogens with zero attached hydrogens (tertiary/aromatic N) is 2. The van der Waals surface area contributed by atoms with Gasteiger partial charge in [0.25, 0.3) is 0 Å². The van der Waals surface area contributed by atoms with Crippen LogP contribution in [0, 0.1) is 0 Å². The Labute approximate surface area is 307 Å². The highest BCUT2D eigenvalue weighted by Crippen LogP contribution is 2.35. The molecule has 10 heteroatoms. The molecule has 4 aromatic carbocycles. The fourth-order valence-electron chi connectivity index (χ4n) is 6.64. The van der Waals surface area contributed by atoms with E-state index in [4.69, 9.17) is 33.2 Å². The van der Waals surface area contributed by atoms with Crippen molar-refractivity contribution in [3.63, 3.8) is 0 Å². The molecule has 0 saturated carbocycles. The average Bonchev–Trinajstić information content (AvgIpc) is 3.19. The monoisotopic (exact) mass is 710 g/mol. The Hall–Kier alpha value is -4.93. The van der Waals surface area contributed by atoms with Crippen LogP contribution in [0.4, 0.5) is 10.5 Å². The van der Waals surface area contributed by atoms with Gasteiger partial charge < -0.3 is 43.0 Å². The zero-order valence-electron chi connectivity index (χ0n) is 30.2. The van der Waals surface area contributed by atoms with Crippen molar-refractivity contribution in [1.29, 1.82) is 0 Å². The number of fused-ring (bicyclic) bond motifs is 1. The molecule has 1 amide bonds. The molecular weight excluding hydrogens is 660 g/mol. The summed E-state index contributed by atoms with van der Waals surface area (Å²) in [5.74, 6) is 3.27. The van der Waals surface area contributed by atoms with Crippen molar-refractivity contribution in [2.45, 2.75) is 45.0 Å². The van der Waals surface area contributed by atoms with Gasteiger partial charge in [-0.25, -0.2) is 4.79 Å². The predicted octanol–water partition coefficient (Wildman–Crippen LogP) is 7.49. The Bertz CT molecular complexity index is 1690. The van der Waals surface area contributed by atoms with Gasteiger partial charge in [0.15, 0.2) is 0 Å². The molecule has 276 valence electrons. The topological polar surface area (TPSA) is 88.2 Å². The highest BCUT2D eigenvalue weighted by atomic mass is 16.6. The minimum atomic E-state index is -0.330. The van der Waals surface area contributed by atoms with Crippen molar-refractivity contribution in [1.82, 2.24) is 4.90 Å². The van der Waals surface area contributed by atoms with E-state index in [1.807, 2.05) is 79.7 Å². The van der Waals surface area contributed by atoms with E-state index >= 15 is 0 Å². The van der Waals surface area contributed by atoms with Gasteiger partial charge in [-0.1, -0.05) is 54.6 Å². The van der Waals surface area contributed by atoms with E-state index in [2.05, 4.69) is 29.2 Å². The quantitative estimate of drug-likeness (QED) is 0.104. The molecule has 0 N–H and O–H groups in total. The zero-order valence-corrected chi connectivity index (χ0v) is 30.2. The summed E-state index contributed by atoms with van der Waals surface area (Å²) < 4.78 is 41.1. The van der Waals surface area contributed by atoms with Crippen LogP contribution in [0.5, 0.6) is 23.0 Å². The number of hydrogen-bond donors (Lipinski definition) is 0. The first kappa shape index (κ1) is 36.8. The smallest absolute Gasteiger partial charge is 0.410 e. The van der Waals surface area contributed by atoms with E-state index in [1.54, 1.807) is 12.0 Å². The summed E-state index contributed by atoms with van der Waals surface area (Å²) in [6, 6.07) is 31.8. The van der Waals surface area contributed by atoms with Crippen LogP contribution < -0.4 is 23.8 Å². The van der Waals surface area contributed by atoms with Crippen LogP contribution in [0.3, 0.4) is 0 Å². The first-order chi connectivity index (χ1) is 25.6. The molecule has 0 bridgehead atoms. The van der Waals surface area contributed by atoms with Gasteiger partial charge in [0.2, 0.25) is 0 Å². The van der Waals surface area contributed by atoms with Gasteiger partial charge in [0.05, 0.1) is 38.1 Å². The summed E-state index contributed by atoms with van der Waals surface area (Å²) in [6.07, 6.45) is 1.11. The Kier molecular flexibility index (Phi) is 13.5. The summed E-state index contributed by atoms with van der Waals surface area (Å²) in [5.41, 5.74) is 4.23. The first-order valence-electron chi connectivity index (χ1n) is 18.2. The van der Waals surface area contributed by atoms with Crippen molar-refractivity contribution in [2.24, 2.45) is 0 Å². The third-order valence-electron chi connectivity index (χ3n) is 9.29. The Morgan fingerprint density at radius 3 is 2.37 bits per heavy atom. The number of benzene rings is 4. The lowest BCUT2D eigenvalue weighted by molar-refractivity contribution is -0.0246. The van der Waals surface area contributed by atoms with E-state index in [9.17, 15) is 4.79 Å². The van der Waals surface area contributed by atoms with Crippen LogP contribution in [-0.4, -0.2) is 83.4 Å². The number of likely N-dealkylation sites (tertiary alicyclic amines) is 1. The lowest BCUT2D eigenvalue weighted by Crippen LogP contribution is -2.47. The number of carbonyl (C=O) groups excluding carboxylic acids is 1. The van der Waals surface area contributed by atoms with Crippen LogP contribution in [0.1, 0.15) is 42.4 Å². The molecule has 2 aliphatic rings. The molecule has 0 spiro atoms. The number of hydrogen-bond acceptors (Lipinski definition) is 9. The van der Waals surface area contributed by atoms with Crippen molar-refractivity contribution < 1.29 is 38.0 Å². The Morgan fingerprint density at radius 2 is 1.58 bits per heavy atom. The molecule has 2 aliphatic heterocycles. The van der Waals surface area contributed by atoms with Crippen LogP contribution in [0.15, 0.2) is 97.1 Å². The second kappa shape index (κ2) is 19.1. The molecular formula is C42H50N2O8. The number of carbonyl (C=O) groups is 1. The minimum Gasteiger partial charge on any atom is -0.494 e. The molecule has 0 aliphatic carbocycles. The standard InChI is InChI=1S/C42H50N2O8/c1-3-47-36-11-7-12-37(28-36)49-26-25-48-35-16-14-34(15-17-35)38-19-21-44(42(45)52-30-32-9-5-4-6-10-32)29-41(38)51-31-33-13-18-40-39(27-33)43(22-24-50-40)20-8-23-46-2/h4-7,9-18,27-28,38,41H,3,8,19-26,29-31H2,1-2H3. The maximum atomic E-state index is 13.2. The van der Waals surface area contributed by atoms with Gasteiger partial charge in [-0.3, -0.25) is 0 Å².